The summed E-state index contributed by atoms with van der Waals surface area (Å²) in [7, 11) is 4.58. The Morgan fingerprint density at radius 3 is 2.26 bits per heavy atom. The molecule has 3 aliphatic heterocycles. The maximum atomic E-state index is 14.4. The van der Waals surface area contributed by atoms with Crippen LogP contribution >= 0.6 is 0 Å². The summed E-state index contributed by atoms with van der Waals surface area (Å²) in [5.41, 5.74) is 1.35. The van der Waals surface area contributed by atoms with Gasteiger partial charge in [0.25, 0.3) is 11.7 Å². The minimum Gasteiger partial charge on any atom is -0.460 e. The van der Waals surface area contributed by atoms with Gasteiger partial charge in [-0.1, -0.05) is 71.1 Å². The van der Waals surface area contributed by atoms with Gasteiger partial charge >= 0.3 is 5.97 Å². The minimum absolute atomic E-state index is 0.0196. The quantitative estimate of drug-likeness (QED) is 0.150. The molecule has 1 amide bonds. The molecular formula is C52H81NO13. The molecule has 15 atom stereocenters. The number of cyclic esters (lactones) is 1. The van der Waals surface area contributed by atoms with Crippen molar-refractivity contribution in [2.24, 2.45) is 41.4 Å². The van der Waals surface area contributed by atoms with Crippen LogP contribution in [-0.2, 0) is 47.7 Å². The summed E-state index contributed by atoms with van der Waals surface area (Å²) >= 11 is 0. The van der Waals surface area contributed by atoms with Crippen LogP contribution in [0.4, 0.5) is 0 Å². The number of ether oxygens (including phenoxy) is 5. The second-order valence-corrected chi connectivity index (χ2v) is 20.0. The van der Waals surface area contributed by atoms with Gasteiger partial charge in [0.15, 0.2) is 5.78 Å². The molecule has 0 spiro atoms. The molecule has 3 heterocycles. The first-order valence-electron chi connectivity index (χ1n) is 24.4. The van der Waals surface area contributed by atoms with E-state index in [4.69, 9.17) is 23.7 Å². The molecule has 1 saturated carbocycles. The Balaban J connectivity index is 1.69. The lowest BCUT2D eigenvalue weighted by molar-refractivity contribution is -0.225. The predicted octanol–water partition coefficient (Wildman–Crippen LogP) is 6.43. The lowest BCUT2D eigenvalue weighted by Gasteiger charge is -2.38. The van der Waals surface area contributed by atoms with E-state index in [1.807, 2.05) is 58.1 Å². The molecule has 4 aliphatic rings. The summed E-state index contributed by atoms with van der Waals surface area (Å²) in [5.74, 6) is -7.98. The molecule has 66 heavy (non-hydrogen) atoms. The average Bonchev–Trinajstić information content (AvgIpc) is 3.44. The number of esters is 1. The molecule has 14 heteroatoms. The maximum absolute atomic E-state index is 14.4. The van der Waals surface area contributed by atoms with Gasteiger partial charge in [0, 0.05) is 52.0 Å². The summed E-state index contributed by atoms with van der Waals surface area (Å²) in [6.45, 7) is 12.9. The minimum atomic E-state index is -2.40. The number of methoxy groups -OCH3 is 3. The number of aliphatic hydroxyl groups is 3. The fourth-order valence-corrected chi connectivity index (χ4v) is 10.3. The lowest BCUT2D eigenvalue weighted by Crippen LogP contribution is -2.58. The third-order valence-corrected chi connectivity index (χ3v) is 14.8. The molecule has 1 aliphatic carbocycles. The Bertz CT molecular complexity index is 1770. The van der Waals surface area contributed by atoms with Crippen LogP contribution < -0.4 is 0 Å². The van der Waals surface area contributed by atoms with Crippen molar-refractivity contribution in [3.8, 4) is 0 Å². The van der Waals surface area contributed by atoms with E-state index in [2.05, 4.69) is 0 Å². The highest BCUT2D eigenvalue weighted by Gasteiger charge is 2.51. The Labute approximate surface area is 393 Å². The van der Waals surface area contributed by atoms with Crippen LogP contribution in [-0.4, -0.2) is 132 Å². The normalized spacial score (nSPS) is 40.2. The summed E-state index contributed by atoms with van der Waals surface area (Å²) in [4.78, 5) is 71.8. The van der Waals surface area contributed by atoms with Gasteiger partial charge in [-0.15, -0.1) is 0 Å². The zero-order valence-corrected chi connectivity index (χ0v) is 41.3. The fourth-order valence-electron chi connectivity index (χ4n) is 10.3. The van der Waals surface area contributed by atoms with Crippen LogP contribution in [0.25, 0.3) is 0 Å². The number of rotatable bonds is 6. The lowest BCUT2D eigenvalue weighted by atomic mass is 9.78. The molecule has 0 aromatic rings. The number of piperidine rings is 1. The van der Waals surface area contributed by atoms with Crippen LogP contribution in [0.5, 0.6) is 0 Å². The maximum Gasteiger partial charge on any atom is 0.329 e. The Hall–Kier alpha value is -3.37. The van der Waals surface area contributed by atoms with Crippen molar-refractivity contribution in [2.45, 2.75) is 174 Å². The first kappa shape index (κ1) is 55.2. The van der Waals surface area contributed by atoms with Gasteiger partial charge in [-0.05, 0) is 119 Å². The van der Waals surface area contributed by atoms with Crippen LogP contribution in [0.15, 0.2) is 47.6 Å². The number of hydrogen-bond donors (Lipinski definition) is 3. The Morgan fingerprint density at radius 1 is 0.848 bits per heavy atom. The topological polar surface area (TPSA) is 195 Å². The second-order valence-electron chi connectivity index (χ2n) is 20.0. The molecule has 372 valence electrons. The molecule has 2 bridgehead atoms. The van der Waals surface area contributed by atoms with Crippen LogP contribution in [0, 0.1) is 41.4 Å². The number of Topliss-reactive ketones (excluding diaryl/α,β-unsaturated/α-hetero) is 3. The molecule has 3 N–H and O–H groups in total. The number of hydrogen-bond acceptors (Lipinski definition) is 13. The first-order valence-corrected chi connectivity index (χ1v) is 24.4. The summed E-state index contributed by atoms with van der Waals surface area (Å²) in [6.07, 6.45) is 12.5. The van der Waals surface area contributed by atoms with Gasteiger partial charge < -0.3 is 43.9 Å². The number of amides is 1. The van der Waals surface area contributed by atoms with Crippen molar-refractivity contribution in [1.29, 1.82) is 0 Å². The third-order valence-electron chi connectivity index (χ3n) is 14.8. The van der Waals surface area contributed by atoms with E-state index in [1.165, 1.54) is 12.0 Å². The molecule has 4 rings (SSSR count). The largest absolute Gasteiger partial charge is 0.460 e. The van der Waals surface area contributed by atoms with Gasteiger partial charge in [0.05, 0.1) is 24.9 Å². The highest BCUT2D eigenvalue weighted by molar-refractivity contribution is 6.39. The summed E-state index contributed by atoms with van der Waals surface area (Å²) in [6, 6.07) is -1.13. The van der Waals surface area contributed by atoms with E-state index in [1.54, 1.807) is 41.1 Å². The smallest absolute Gasteiger partial charge is 0.329 e. The van der Waals surface area contributed by atoms with E-state index < -0.39 is 71.7 Å². The zero-order chi connectivity index (χ0) is 48.9. The molecule has 0 aromatic carbocycles. The second kappa shape index (κ2) is 25.8. The number of allylic oxidation sites excluding steroid dienone is 6. The molecule has 3 fully saturated rings. The fraction of sp³-hybridized carbons (Fsp3) is 0.750. The van der Waals surface area contributed by atoms with Gasteiger partial charge in [-0.3, -0.25) is 19.2 Å². The standard InChI is InChI=1S/C52H81NO13/c1-31-16-12-11-13-17-32(2)43(62-8)28-39-20-19-37(7)52(61,65-30-39)49(58)50(59)53-23-15-14-18-40(53)51(60)66-44(34(4)26-38-21-22-41(54)45(27-38)63-9)29-42(55)33(3)25-36(6)47(57)48(64-10)46(56)35(5)24-31/h11-13,16-17,25,31,33-35,37-41,43-45,47-48,54,57,61H,14-15,18-24,26-30H2,1-10H3/b13-11+,16-12+,32-17+,36-25+/t31-,33-,34-,35-,37-,38+,39?,40+,41-,43+,44+,45-,47-,48+,52-/m1/s1. The van der Waals surface area contributed by atoms with Gasteiger partial charge in [0.2, 0.25) is 5.79 Å². The Kier molecular flexibility index (Phi) is 21.6. The van der Waals surface area contributed by atoms with E-state index in [0.29, 0.717) is 63.4 Å². The van der Waals surface area contributed by atoms with E-state index in [-0.39, 0.29) is 73.4 Å². The molecule has 14 nitrogen and oxygen atoms in total. The van der Waals surface area contributed by atoms with Crippen LogP contribution in [0.1, 0.15) is 126 Å². The number of carbonyl (C=O) groups excluding carboxylic acids is 5. The van der Waals surface area contributed by atoms with E-state index in [0.717, 1.165) is 12.0 Å². The third kappa shape index (κ3) is 14.6. The Morgan fingerprint density at radius 2 is 1.58 bits per heavy atom. The monoisotopic (exact) mass is 928 g/mol. The van der Waals surface area contributed by atoms with Crippen molar-refractivity contribution < 1.29 is 63.0 Å². The molecule has 1 unspecified atom stereocenters. The van der Waals surface area contributed by atoms with Gasteiger partial charge in [-0.2, -0.15) is 0 Å². The van der Waals surface area contributed by atoms with Crippen molar-refractivity contribution in [3.63, 3.8) is 0 Å². The number of carbonyl (C=O) groups is 5. The average molecular weight is 928 g/mol. The summed E-state index contributed by atoms with van der Waals surface area (Å²) in [5, 5.41) is 33.8. The van der Waals surface area contributed by atoms with Crippen LogP contribution in [0.2, 0.25) is 0 Å². The van der Waals surface area contributed by atoms with Crippen molar-refractivity contribution >= 4 is 29.2 Å². The van der Waals surface area contributed by atoms with E-state index in [9.17, 15) is 39.3 Å². The molecule has 0 aromatic heterocycles. The molecule has 0 radical (unpaired) electrons. The van der Waals surface area contributed by atoms with Gasteiger partial charge in [-0.25, -0.2) is 4.79 Å². The highest BCUT2D eigenvalue weighted by atomic mass is 16.6. The van der Waals surface area contributed by atoms with Crippen molar-refractivity contribution in [2.75, 3.05) is 34.5 Å². The van der Waals surface area contributed by atoms with Crippen molar-refractivity contribution in [3.05, 3.63) is 47.6 Å². The van der Waals surface area contributed by atoms with Crippen LogP contribution in [0.3, 0.4) is 0 Å². The number of ketones is 3. The number of aliphatic hydroxyl groups excluding tert-OH is 2. The highest BCUT2D eigenvalue weighted by Crippen LogP contribution is 2.37. The predicted molar refractivity (Wildman–Crippen MR) is 250 cm³/mol. The van der Waals surface area contributed by atoms with Gasteiger partial charge in [0.1, 0.15) is 30.1 Å². The number of fused-ring (bicyclic) bond motifs is 4. The number of nitrogens with zero attached hydrogens (tertiary/aromatic N) is 1. The molecular weight excluding hydrogens is 847 g/mol. The van der Waals surface area contributed by atoms with E-state index >= 15 is 0 Å². The SMILES string of the molecule is CO[C@H]1CC2CC[C@@H](C)[C@@](O)(OC2)C(=O)C(=O)N2CCCC[C@H]2C(=O)O[C@H]([C@H](C)C[C@@H]2CC[C@@H](O)[C@H](OC)C2)CC(=O)[C@H](C)/C=C(\C)[C@@H](O)[C@@H](OC)C(=O)[C@H](C)C[C@H](C)/C=C/C=C/C=C/1C. The first-order chi connectivity index (χ1) is 31.2. The van der Waals surface area contributed by atoms with Crippen molar-refractivity contribution in [1.82, 2.24) is 4.90 Å². The zero-order valence-electron chi connectivity index (χ0n) is 41.3. The summed E-state index contributed by atoms with van der Waals surface area (Å²) < 4.78 is 29.3. The molecule has 2 saturated heterocycles.